The third kappa shape index (κ3) is 6.18. The maximum atomic E-state index is 13.4. The van der Waals surface area contributed by atoms with E-state index in [0.717, 1.165) is 0 Å². The van der Waals surface area contributed by atoms with Crippen molar-refractivity contribution in [1.29, 1.82) is 0 Å². The molecule has 5 rings (SSSR count). The summed E-state index contributed by atoms with van der Waals surface area (Å²) >= 11 is 0. The van der Waals surface area contributed by atoms with E-state index in [1.165, 1.54) is 36.7 Å². The molecule has 0 aliphatic carbocycles. The van der Waals surface area contributed by atoms with Crippen molar-refractivity contribution in [1.82, 2.24) is 20.8 Å². The molecule has 0 saturated carbocycles. The van der Waals surface area contributed by atoms with Gasteiger partial charge in [0.15, 0.2) is 11.4 Å². The number of aromatic nitrogens is 2. The third-order valence-electron chi connectivity index (χ3n) is 6.73. The number of nitrogens with zero attached hydrogens (tertiary/aromatic N) is 3. The van der Waals surface area contributed by atoms with E-state index in [-0.39, 0.29) is 29.8 Å². The normalized spacial score (nSPS) is 19.3. The zero-order valence-corrected chi connectivity index (χ0v) is 20.8. The van der Waals surface area contributed by atoms with Crippen LogP contribution in [0.15, 0.2) is 67.0 Å². The van der Waals surface area contributed by atoms with Gasteiger partial charge < -0.3 is 20.1 Å². The molecule has 2 N–H and O–H groups in total. The number of hydrogen-bond acceptors (Lipinski definition) is 8. The van der Waals surface area contributed by atoms with Crippen LogP contribution >= 0.6 is 0 Å². The minimum atomic E-state index is -4.78. The second kappa shape index (κ2) is 11.0. The quantitative estimate of drug-likeness (QED) is 0.426. The highest BCUT2D eigenvalue weighted by Crippen LogP contribution is 2.32. The van der Waals surface area contributed by atoms with E-state index in [9.17, 15) is 22.8 Å². The largest absolute Gasteiger partial charge is 0.573 e. The maximum absolute atomic E-state index is 13.4. The van der Waals surface area contributed by atoms with E-state index in [2.05, 4.69) is 25.6 Å². The van der Waals surface area contributed by atoms with Crippen LogP contribution in [0.1, 0.15) is 12.0 Å². The minimum absolute atomic E-state index is 0.0151. The van der Waals surface area contributed by atoms with Gasteiger partial charge in [-0.05, 0) is 54.6 Å². The Labute approximate surface area is 222 Å². The van der Waals surface area contributed by atoms with Crippen molar-refractivity contribution in [3.8, 4) is 11.5 Å². The summed E-state index contributed by atoms with van der Waals surface area (Å²) in [7, 11) is 0. The number of amides is 1. The van der Waals surface area contributed by atoms with Gasteiger partial charge >= 0.3 is 6.36 Å². The molecule has 3 aromatic rings. The first-order valence-corrected chi connectivity index (χ1v) is 12.4. The molecule has 1 amide bonds. The van der Waals surface area contributed by atoms with Gasteiger partial charge in [0.2, 0.25) is 5.91 Å². The highest BCUT2D eigenvalue weighted by atomic mass is 19.4. The first-order chi connectivity index (χ1) is 18.7. The number of anilines is 2. The zero-order valence-electron chi connectivity index (χ0n) is 20.8. The van der Waals surface area contributed by atoms with Crippen LogP contribution in [0.25, 0.3) is 0 Å². The van der Waals surface area contributed by atoms with Gasteiger partial charge in [0.1, 0.15) is 11.5 Å². The molecule has 0 spiro atoms. The van der Waals surface area contributed by atoms with Crippen LogP contribution in [0.3, 0.4) is 0 Å². The number of ether oxygens (including phenoxy) is 2. The molecule has 0 radical (unpaired) electrons. The highest BCUT2D eigenvalue weighted by Gasteiger charge is 2.43. The standard InChI is InChI=1S/C27H26F3N5O4/c28-27(29,30)39-23-5-1-18(2-6-23)13-24(36)26(10-12-31-17-26)38-22-7-3-20(4-8-22)35(21-9-11-33-34-16-21)25(37)19-14-32-15-19/h1-9,11,16,19,31-32H,10,12-15,17H2/t26-/m1/s1. The Hall–Kier alpha value is -4.03. The molecule has 12 heteroatoms. The first-order valence-electron chi connectivity index (χ1n) is 12.4. The summed E-state index contributed by atoms with van der Waals surface area (Å²) in [6, 6.07) is 13.9. The van der Waals surface area contributed by atoms with Crippen molar-refractivity contribution in [2.24, 2.45) is 5.92 Å². The zero-order chi connectivity index (χ0) is 27.5. The second-order valence-corrected chi connectivity index (χ2v) is 9.44. The van der Waals surface area contributed by atoms with Gasteiger partial charge in [0.05, 0.1) is 24.0 Å². The van der Waals surface area contributed by atoms with Gasteiger partial charge in [-0.15, -0.1) is 13.2 Å². The number of nitrogens with one attached hydrogen (secondary N) is 2. The second-order valence-electron chi connectivity index (χ2n) is 9.44. The number of hydrogen-bond donors (Lipinski definition) is 2. The Bertz CT molecular complexity index is 1290. The molecular weight excluding hydrogens is 515 g/mol. The van der Waals surface area contributed by atoms with Crippen LogP contribution in [-0.2, 0) is 16.0 Å². The Balaban J connectivity index is 1.31. The lowest BCUT2D eigenvalue weighted by Gasteiger charge is -2.32. The molecule has 1 atom stereocenters. The summed E-state index contributed by atoms with van der Waals surface area (Å²) in [5.41, 5.74) is 0.627. The molecule has 2 aromatic carbocycles. The fourth-order valence-electron chi connectivity index (χ4n) is 4.56. The molecule has 2 aliphatic heterocycles. The summed E-state index contributed by atoms with van der Waals surface area (Å²) in [6.07, 6.45) is -1.32. The van der Waals surface area contributed by atoms with Gasteiger partial charge in [0, 0.05) is 38.2 Å². The van der Waals surface area contributed by atoms with Gasteiger partial charge in [0.25, 0.3) is 0 Å². The number of carbonyl (C=O) groups is 2. The smallest absolute Gasteiger partial charge is 0.478 e. The van der Waals surface area contributed by atoms with Gasteiger partial charge in [-0.2, -0.15) is 10.2 Å². The molecule has 2 saturated heterocycles. The van der Waals surface area contributed by atoms with Crippen molar-refractivity contribution < 1.29 is 32.2 Å². The average molecular weight is 542 g/mol. The average Bonchev–Trinajstić information content (AvgIpc) is 3.35. The molecule has 0 unspecified atom stereocenters. The van der Waals surface area contributed by atoms with E-state index in [4.69, 9.17) is 4.74 Å². The summed E-state index contributed by atoms with van der Waals surface area (Å²) < 4.78 is 47.5. The molecule has 0 bridgehead atoms. The van der Waals surface area contributed by atoms with Gasteiger partial charge in [-0.3, -0.25) is 14.5 Å². The van der Waals surface area contributed by atoms with E-state index in [1.54, 1.807) is 35.2 Å². The van der Waals surface area contributed by atoms with Crippen molar-refractivity contribution in [3.63, 3.8) is 0 Å². The van der Waals surface area contributed by atoms with Crippen LogP contribution in [0.4, 0.5) is 24.5 Å². The Morgan fingerprint density at radius 1 is 0.949 bits per heavy atom. The lowest BCUT2D eigenvalue weighted by Crippen LogP contribution is -2.51. The first kappa shape index (κ1) is 26.6. The molecule has 1 aromatic heterocycles. The number of halogens is 3. The van der Waals surface area contributed by atoms with Gasteiger partial charge in [-0.1, -0.05) is 12.1 Å². The monoisotopic (exact) mass is 541 g/mol. The number of ketones is 1. The van der Waals surface area contributed by atoms with Crippen molar-refractivity contribution in [2.75, 3.05) is 31.1 Å². The van der Waals surface area contributed by atoms with Crippen LogP contribution in [0.5, 0.6) is 11.5 Å². The fourth-order valence-corrected chi connectivity index (χ4v) is 4.56. The number of benzene rings is 2. The lowest BCUT2D eigenvalue weighted by molar-refractivity contribution is -0.274. The van der Waals surface area contributed by atoms with E-state index < -0.39 is 12.0 Å². The number of carbonyl (C=O) groups excluding carboxylic acids is 2. The fraction of sp³-hybridized carbons (Fsp3) is 0.333. The lowest BCUT2D eigenvalue weighted by atomic mass is 9.92. The molecule has 3 heterocycles. The minimum Gasteiger partial charge on any atom is -0.478 e. The molecule has 39 heavy (non-hydrogen) atoms. The Morgan fingerprint density at radius 3 is 2.23 bits per heavy atom. The molecule has 9 nitrogen and oxygen atoms in total. The predicted molar refractivity (Wildman–Crippen MR) is 135 cm³/mol. The number of alkyl halides is 3. The molecular formula is C27H26F3N5O4. The predicted octanol–water partition coefficient (Wildman–Crippen LogP) is 3.18. The van der Waals surface area contributed by atoms with Crippen LogP contribution in [0, 0.1) is 5.92 Å². The Morgan fingerprint density at radius 2 is 1.67 bits per heavy atom. The van der Waals surface area contributed by atoms with Crippen LogP contribution < -0.4 is 25.0 Å². The maximum Gasteiger partial charge on any atom is 0.573 e. The Kier molecular flexibility index (Phi) is 7.49. The van der Waals surface area contributed by atoms with Crippen LogP contribution in [-0.4, -0.2) is 60.0 Å². The van der Waals surface area contributed by atoms with Crippen molar-refractivity contribution >= 4 is 23.1 Å². The molecule has 2 aliphatic rings. The van der Waals surface area contributed by atoms with E-state index in [1.807, 2.05) is 0 Å². The number of rotatable bonds is 9. The third-order valence-corrected chi connectivity index (χ3v) is 6.73. The summed E-state index contributed by atoms with van der Waals surface area (Å²) in [5.74, 6) is -0.299. The summed E-state index contributed by atoms with van der Waals surface area (Å²) in [4.78, 5) is 28.1. The number of Topliss-reactive ketones (excluding diaryl/α,β-unsaturated/α-hetero) is 1. The molecule has 204 valence electrons. The van der Waals surface area contributed by atoms with E-state index in [0.29, 0.717) is 55.3 Å². The summed E-state index contributed by atoms with van der Waals surface area (Å²) in [5, 5.41) is 14.0. The summed E-state index contributed by atoms with van der Waals surface area (Å²) in [6.45, 7) is 2.08. The topological polar surface area (TPSA) is 106 Å². The van der Waals surface area contributed by atoms with Crippen molar-refractivity contribution in [2.45, 2.75) is 24.8 Å². The van der Waals surface area contributed by atoms with Crippen molar-refractivity contribution in [3.05, 3.63) is 72.6 Å². The SMILES string of the molecule is O=C(C1CNC1)N(c1ccc(O[C@]2(C(=O)Cc3ccc(OC(F)(F)F)cc3)CCNC2)cc1)c1ccnnc1. The highest BCUT2D eigenvalue weighted by molar-refractivity contribution is 6.02. The van der Waals surface area contributed by atoms with Gasteiger partial charge in [-0.25, -0.2) is 0 Å². The molecule has 2 fully saturated rings. The van der Waals surface area contributed by atoms with Crippen LogP contribution in [0.2, 0.25) is 0 Å². The van der Waals surface area contributed by atoms with E-state index >= 15 is 0 Å².